The second-order valence-corrected chi connectivity index (χ2v) is 8.29. The first-order chi connectivity index (χ1) is 15.2. The predicted octanol–water partition coefficient (Wildman–Crippen LogP) is 5.81. The summed E-state index contributed by atoms with van der Waals surface area (Å²) in [6, 6.07) is 23.7. The number of carbonyl (C=O) groups excluding carboxylic acids is 1. The van der Waals surface area contributed by atoms with E-state index >= 15 is 0 Å². The number of benzene rings is 3. The number of hydrogen-bond donors (Lipinski definition) is 1. The molecule has 3 aromatic rings. The highest BCUT2D eigenvalue weighted by Gasteiger charge is 2.11. The zero-order chi connectivity index (χ0) is 21.5. The Morgan fingerprint density at radius 3 is 2.35 bits per heavy atom. The number of rotatable bonds is 7. The molecule has 1 fully saturated rings. The quantitative estimate of drug-likeness (QED) is 0.530. The molecule has 0 atom stereocenters. The van der Waals surface area contributed by atoms with Gasteiger partial charge in [-0.1, -0.05) is 54.4 Å². The van der Waals surface area contributed by atoms with E-state index in [9.17, 15) is 4.79 Å². The Balaban J connectivity index is 1.32. The molecule has 0 unspecified atom stereocenters. The van der Waals surface area contributed by atoms with Crippen LogP contribution in [0.1, 0.15) is 46.3 Å². The molecule has 1 aliphatic heterocycles. The minimum atomic E-state index is -0.135. The highest BCUT2D eigenvalue weighted by molar-refractivity contribution is 6.04. The summed E-state index contributed by atoms with van der Waals surface area (Å²) in [5.41, 5.74) is 5.00. The number of amides is 1. The fourth-order valence-electron chi connectivity index (χ4n) is 3.85. The number of ether oxygens (including phenoxy) is 1. The lowest BCUT2D eigenvalue weighted by Crippen LogP contribution is -2.29. The minimum absolute atomic E-state index is 0.135. The lowest BCUT2D eigenvalue weighted by molar-refractivity contribution is 0.102. The van der Waals surface area contributed by atoms with E-state index in [1.807, 2.05) is 24.3 Å². The van der Waals surface area contributed by atoms with E-state index in [-0.39, 0.29) is 5.91 Å². The first-order valence-electron chi connectivity index (χ1n) is 11.1. The average molecular weight is 415 g/mol. The van der Waals surface area contributed by atoms with E-state index in [0.29, 0.717) is 17.9 Å². The molecule has 1 heterocycles. The molecule has 160 valence electrons. The normalized spacial score (nSPS) is 14.2. The first kappa shape index (κ1) is 21.1. The maximum Gasteiger partial charge on any atom is 0.255 e. The van der Waals surface area contributed by atoms with Crippen molar-refractivity contribution in [2.24, 2.45) is 0 Å². The standard InChI is InChI=1S/C27H30N2O2/c1-21-8-10-23(11-9-21)20-31-26-7-5-6-24(18-26)27(30)28-25-14-12-22(13-15-25)19-29-16-3-2-4-17-29/h5-15,18H,2-4,16-17,19-20H2,1H3,(H,28,30). The van der Waals surface area contributed by atoms with Gasteiger partial charge in [-0.05, 0) is 74.3 Å². The zero-order valence-electron chi connectivity index (χ0n) is 18.1. The molecule has 4 nitrogen and oxygen atoms in total. The lowest BCUT2D eigenvalue weighted by atomic mass is 10.1. The van der Waals surface area contributed by atoms with E-state index < -0.39 is 0 Å². The molecule has 1 N–H and O–H groups in total. The molecule has 0 spiro atoms. The highest BCUT2D eigenvalue weighted by atomic mass is 16.5. The van der Waals surface area contributed by atoms with Crippen molar-refractivity contribution in [2.45, 2.75) is 39.3 Å². The highest BCUT2D eigenvalue weighted by Crippen LogP contribution is 2.19. The number of nitrogens with one attached hydrogen (secondary N) is 1. The number of hydrogen-bond acceptors (Lipinski definition) is 3. The molecular formula is C27H30N2O2. The van der Waals surface area contributed by atoms with Gasteiger partial charge in [0.25, 0.3) is 5.91 Å². The van der Waals surface area contributed by atoms with E-state index in [4.69, 9.17) is 4.74 Å². The van der Waals surface area contributed by atoms with Gasteiger partial charge < -0.3 is 10.1 Å². The molecule has 4 rings (SSSR count). The molecule has 0 bridgehead atoms. The SMILES string of the molecule is Cc1ccc(COc2cccc(C(=O)Nc3ccc(CN4CCCCC4)cc3)c2)cc1. The van der Waals surface area contributed by atoms with Gasteiger partial charge in [0.05, 0.1) is 0 Å². The largest absolute Gasteiger partial charge is 0.489 e. The predicted molar refractivity (Wildman–Crippen MR) is 125 cm³/mol. The summed E-state index contributed by atoms with van der Waals surface area (Å²) in [4.78, 5) is 15.2. The van der Waals surface area contributed by atoms with Gasteiger partial charge >= 0.3 is 0 Å². The van der Waals surface area contributed by atoms with E-state index in [1.54, 1.807) is 12.1 Å². The summed E-state index contributed by atoms with van der Waals surface area (Å²) in [6.07, 6.45) is 3.93. The van der Waals surface area contributed by atoms with Crippen molar-refractivity contribution < 1.29 is 9.53 Å². The Morgan fingerprint density at radius 1 is 0.903 bits per heavy atom. The van der Waals surface area contributed by atoms with Gasteiger partial charge in [0, 0.05) is 17.8 Å². The summed E-state index contributed by atoms with van der Waals surface area (Å²) in [7, 11) is 0. The number of piperidine rings is 1. The molecular weight excluding hydrogens is 384 g/mol. The molecule has 1 aliphatic rings. The van der Waals surface area contributed by atoms with Gasteiger partial charge in [-0.3, -0.25) is 9.69 Å². The smallest absolute Gasteiger partial charge is 0.255 e. The number of nitrogens with zero attached hydrogens (tertiary/aromatic N) is 1. The summed E-state index contributed by atoms with van der Waals surface area (Å²) < 4.78 is 5.88. The Morgan fingerprint density at radius 2 is 1.61 bits per heavy atom. The molecule has 1 amide bonds. The van der Waals surface area contributed by atoms with Crippen molar-refractivity contribution in [1.82, 2.24) is 4.90 Å². The van der Waals surface area contributed by atoms with Gasteiger partial charge in [-0.25, -0.2) is 0 Å². The van der Waals surface area contributed by atoms with Crippen molar-refractivity contribution in [3.05, 3.63) is 95.1 Å². The summed E-state index contributed by atoms with van der Waals surface area (Å²) in [6.45, 7) is 5.88. The molecule has 31 heavy (non-hydrogen) atoms. The third kappa shape index (κ3) is 6.19. The van der Waals surface area contributed by atoms with Crippen molar-refractivity contribution in [3.8, 4) is 5.75 Å². The van der Waals surface area contributed by atoms with Crippen LogP contribution in [0.4, 0.5) is 5.69 Å². The maximum absolute atomic E-state index is 12.7. The third-order valence-electron chi connectivity index (χ3n) is 5.69. The third-order valence-corrected chi connectivity index (χ3v) is 5.69. The first-order valence-corrected chi connectivity index (χ1v) is 11.1. The topological polar surface area (TPSA) is 41.6 Å². The molecule has 3 aromatic carbocycles. The number of anilines is 1. The molecule has 1 saturated heterocycles. The van der Waals surface area contributed by atoms with Crippen LogP contribution in [0.2, 0.25) is 0 Å². The van der Waals surface area contributed by atoms with Crippen LogP contribution < -0.4 is 10.1 Å². The van der Waals surface area contributed by atoms with Crippen LogP contribution in [0.3, 0.4) is 0 Å². The molecule has 0 saturated carbocycles. The molecule has 0 aliphatic carbocycles. The Kier molecular flexibility index (Phi) is 7.00. The van der Waals surface area contributed by atoms with Gasteiger partial charge in [-0.2, -0.15) is 0 Å². The van der Waals surface area contributed by atoms with E-state index in [2.05, 4.69) is 53.5 Å². The van der Waals surface area contributed by atoms with Gasteiger partial charge in [0.15, 0.2) is 0 Å². The second kappa shape index (κ2) is 10.3. The molecule has 0 radical (unpaired) electrons. The summed E-state index contributed by atoms with van der Waals surface area (Å²) in [5.74, 6) is 0.551. The Hall–Kier alpha value is -3.11. The Bertz CT molecular complexity index is 991. The van der Waals surface area contributed by atoms with E-state index in [1.165, 1.54) is 43.5 Å². The van der Waals surface area contributed by atoms with Crippen molar-refractivity contribution in [2.75, 3.05) is 18.4 Å². The van der Waals surface area contributed by atoms with Crippen LogP contribution in [-0.2, 0) is 13.2 Å². The number of likely N-dealkylation sites (tertiary alicyclic amines) is 1. The molecule has 4 heteroatoms. The van der Waals surface area contributed by atoms with Crippen LogP contribution >= 0.6 is 0 Å². The van der Waals surface area contributed by atoms with Crippen LogP contribution in [0.15, 0.2) is 72.8 Å². The van der Waals surface area contributed by atoms with Crippen LogP contribution in [0.25, 0.3) is 0 Å². The fourth-order valence-corrected chi connectivity index (χ4v) is 3.85. The Labute approximate surface area is 184 Å². The van der Waals surface area contributed by atoms with Crippen LogP contribution in [0, 0.1) is 6.92 Å². The molecule has 0 aromatic heterocycles. The lowest BCUT2D eigenvalue weighted by Gasteiger charge is -2.26. The van der Waals surface area contributed by atoms with Crippen molar-refractivity contribution >= 4 is 11.6 Å². The van der Waals surface area contributed by atoms with Crippen LogP contribution in [0.5, 0.6) is 5.75 Å². The van der Waals surface area contributed by atoms with Crippen molar-refractivity contribution in [1.29, 1.82) is 0 Å². The van der Waals surface area contributed by atoms with E-state index in [0.717, 1.165) is 17.8 Å². The fraction of sp³-hybridized carbons (Fsp3) is 0.296. The zero-order valence-corrected chi connectivity index (χ0v) is 18.1. The van der Waals surface area contributed by atoms with Crippen LogP contribution in [-0.4, -0.2) is 23.9 Å². The monoisotopic (exact) mass is 414 g/mol. The minimum Gasteiger partial charge on any atom is -0.489 e. The summed E-state index contributed by atoms with van der Waals surface area (Å²) >= 11 is 0. The summed E-state index contributed by atoms with van der Waals surface area (Å²) in [5, 5.41) is 2.99. The van der Waals surface area contributed by atoms with Crippen molar-refractivity contribution in [3.63, 3.8) is 0 Å². The average Bonchev–Trinajstić information content (AvgIpc) is 2.81. The maximum atomic E-state index is 12.7. The van der Waals surface area contributed by atoms with Gasteiger partial charge in [-0.15, -0.1) is 0 Å². The second-order valence-electron chi connectivity index (χ2n) is 8.29. The van der Waals surface area contributed by atoms with Gasteiger partial charge in [0.2, 0.25) is 0 Å². The number of carbonyl (C=O) groups is 1. The number of aryl methyl sites for hydroxylation is 1. The van der Waals surface area contributed by atoms with Gasteiger partial charge in [0.1, 0.15) is 12.4 Å².